The third-order valence-corrected chi connectivity index (χ3v) is 3.59. The van der Waals surface area contributed by atoms with Crippen molar-refractivity contribution in [1.82, 2.24) is 0 Å². The van der Waals surface area contributed by atoms with Crippen molar-refractivity contribution in [3.05, 3.63) is 41.2 Å². The Kier molecular flexibility index (Phi) is 6.85. The van der Waals surface area contributed by atoms with Gasteiger partial charge in [-0.2, -0.15) is 10.5 Å². The zero-order chi connectivity index (χ0) is 19.8. The average Bonchev–Trinajstić information content (AvgIpc) is 2.68. The fourth-order valence-electron chi connectivity index (χ4n) is 2.51. The molecule has 2 aromatic rings. The number of benzene rings is 2. The number of nitriles is 2. The molecule has 0 saturated carbocycles. The summed E-state index contributed by atoms with van der Waals surface area (Å²) in [5.41, 5.74) is 0.271. The van der Waals surface area contributed by atoms with Gasteiger partial charge in [0.15, 0.2) is 11.6 Å². The number of nitrogens with one attached hydrogen (secondary N) is 1. The second-order valence-corrected chi connectivity index (χ2v) is 5.27. The lowest BCUT2D eigenvalue weighted by molar-refractivity contribution is 0.276. The van der Waals surface area contributed by atoms with Gasteiger partial charge in [0.2, 0.25) is 5.75 Å². The molecule has 6 nitrogen and oxygen atoms in total. The lowest BCUT2D eigenvalue weighted by Crippen LogP contribution is -2.08. The lowest BCUT2D eigenvalue weighted by atomic mass is 10.0. The Morgan fingerprint density at radius 1 is 0.852 bits per heavy atom. The van der Waals surface area contributed by atoms with Gasteiger partial charge in [0, 0.05) is 5.69 Å². The van der Waals surface area contributed by atoms with Crippen molar-refractivity contribution in [3.8, 4) is 29.4 Å². The van der Waals surface area contributed by atoms with Gasteiger partial charge < -0.3 is 19.5 Å². The first kappa shape index (κ1) is 19.9. The molecule has 0 saturated heterocycles. The van der Waals surface area contributed by atoms with Crippen LogP contribution in [0.2, 0.25) is 0 Å². The van der Waals surface area contributed by atoms with Crippen LogP contribution in [0.3, 0.4) is 0 Å². The Hall–Kier alpha value is -3.45. The average molecular weight is 369 g/mol. The molecule has 0 aliphatic carbocycles. The van der Waals surface area contributed by atoms with Crippen LogP contribution in [0.4, 0.5) is 15.8 Å². The van der Waals surface area contributed by atoms with E-state index in [2.05, 4.69) is 5.32 Å². The minimum Gasteiger partial charge on any atom is -0.494 e. The number of hydrogen-bond donors (Lipinski definition) is 1. The van der Waals surface area contributed by atoms with E-state index in [1.165, 1.54) is 0 Å². The third kappa shape index (κ3) is 4.21. The molecule has 0 spiro atoms. The van der Waals surface area contributed by atoms with Gasteiger partial charge in [0.1, 0.15) is 34.7 Å². The van der Waals surface area contributed by atoms with Crippen LogP contribution in [0.5, 0.6) is 17.2 Å². The molecule has 0 atom stereocenters. The standard InChI is InChI=1S/C20H20FN3O3/c1-4-25-14-9-7-13(8-10-14)24-18-16(12-23)15(11-22)17(21)19(26-5-2)20(18)27-6-3/h7-10,24H,4-6H2,1-3H3. The minimum atomic E-state index is -0.906. The van der Waals surface area contributed by atoms with E-state index in [4.69, 9.17) is 14.2 Å². The Morgan fingerprint density at radius 3 is 1.93 bits per heavy atom. The Labute approximate surface area is 157 Å². The zero-order valence-electron chi connectivity index (χ0n) is 15.4. The molecular weight excluding hydrogens is 349 g/mol. The van der Waals surface area contributed by atoms with Crippen molar-refractivity contribution in [3.63, 3.8) is 0 Å². The van der Waals surface area contributed by atoms with Crippen LogP contribution in [0, 0.1) is 28.5 Å². The summed E-state index contributed by atoms with van der Waals surface area (Å²) in [4.78, 5) is 0. The number of anilines is 2. The predicted octanol–water partition coefficient (Wildman–Crippen LogP) is 4.51. The first-order chi connectivity index (χ1) is 13.1. The van der Waals surface area contributed by atoms with E-state index >= 15 is 0 Å². The highest BCUT2D eigenvalue weighted by atomic mass is 19.1. The summed E-state index contributed by atoms with van der Waals surface area (Å²) in [7, 11) is 0. The molecule has 0 bridgehead atoms. The number of rotatable bonds is 8. The highest BCUT2D eigenvalue weighted by molar-refractivity contribution is 5.80. The smallest absolute Gasteiger partial charge is 0.200 e. The van der Waals surface area contributed by atoms with E-state index in [0.29, 0.717) is 18.0 Å². The molecule has 0 amide bonds. The second-order valence-electron chi connectivity index (χ2n) is 5.27. The zero-order valence-corrected chi connectivity index (χ0v) is 15.4. The van der Waals surface area contributed by atoms with Crippen LogP contribution >= 0.6 is 0 Å². The van der Waals surface area contributed by atoms with Crippen molar-refractivity contribution >= 4 is 11.4 Å². The van der Waals surface area contributed by atoms with Crippen LogP contribution < -0.4 is 19.5 Å². The van der Waals surface area contributed by atoms with Crippen LogP contribution in [0.1, 0.15) is 31.9 Å². The molecule has 0 fully saturated rings. The van der Waals surface area contributed by atoms with E-state index in [1.54, 1.807) is 44.2 Å². The molecule has 0 unspecified atom stereocenters. The first-order valence-corrected chi connectivity index (χ1v) is 8.56. The molecule has 2 rings (SSSR count). The Morgan fingerprint density at radius 2 is 1.41 bits per heavy atom. The van der Waals surface area contributed by atoms with Crippen LogP contribution in [-0.4, -0.2) is 19.8 Å². The molecule has 0 radical (unpaired) electrons. The molecule has 27 heavy (non-hydrogen) atoms. The fraction of sp³-hybridized carbons (Fsp3) is 0.300. The summed E-state index contributed by atoms with van der Waals surface area (Å²) in [6.45, 7) is 6.26. The van der Waals surface area contributed by atoms with Gasteiger partial charge in [-0.15, -0.1) is 0 Å². The number of nitrogens with zero attached hydrogens (tertiary/aromatic N) is 2. The monoisotopic (exact) mass is 369 g/mol. The van der Waals surface area contributed by atoms with Crippen molar-refractivity contribution in [2.75, 3.05) is 25.1 Å². The van der Waals surface area contributed by atoms with Crippen LogP contribution in [-0.2, 0) is 0 Å². The fourth-order valence-corrected chi connectivity index (χ4v) is 2.51. The molecule has 0 aromatic heterocycles. The molecule has 0 heterocycles. The largest absolute Gasteiger partial charge is 0.494 e. The predicted molar refractivity (Wildman–Crippen MR) is 99.1 cm³/mol. The van der Waals surface area contributed by atoms with Gasteiger partial charge in [0.25, 0.3) is 0 Å². The van der Waals surface area contributed by atoms with Crippen molar-refractivity contribution in [2.45, 2.75) is 20.8 Å². The van der Waals surface area contributed by atoms with E-state index in [-0.39, 0.29) is 36.0 Å². The van der Waals surface area contributed by atoms with Gasteiger partial charge in [-0.25, -0.2) is 4.39 Å². The van der Waals surface area contributed by atoms with Gasteiger partial charge >= 0.3 is 0 Å². The lowest BCUT2D eigenvalue weighted by Gasteiger charge is -2.19. The van der Waals surface area contributed by atoms with Crippen molar-refractivity contribution < 1.29 is 18.6 Å². The maximum atomic E-state index is 14.7. The SMILES string of the molecule is CCOc1ccc(Nc2c(C#N)c(C#N)c(F)c(OCC)c2OCC)cc1. The summed E-state index contributed by atoms with van der Waals surface area (Å²) in [6.07, 6.45) is 0. The van der Waals surface area contributed by atoms with Gasteiger partial charge in [-0.1, -0.05) is 0 Å². The molecule has 1 N–H and O–H groups in total. The van der Waals surface area contributed by atoms with Crippen molar-refractivity contribution in [2.24, 2.45) is 0 Å². The molecular formula is C20H20FN3O3. The normalized spacial score (nSPS) is 9.85. The quantitative estimate of drug-likeness (QED) is 0.737. The summed E-state index contributed by atoms with van der Waals surface area (Å²) < 4.78 is 31.1. The maximum absolute atomic E-state index is 14.7. The molecule has 7 heteroatoms. The van der Waals surface area contributed by atoms with E-state index < -0.39 is 11.4 Å². The number of hydrogen-bond acceptors (Lipinski definition) is 6. The maximum Gasteiger partial charge on any atom is 0.200 e. The minimum absolute atomic E-state index is 0.0567. The van der Waals surface area contributed by atoms with Gasteiger partial charge in [0.05, 0.1) is 19.8 Å². The van der Waals surface area contributed by atoms with Crippen LogP contribution in [0.15, 0.2) is 24.3 Å². The number of halogens is 1. The summed E-state index contributed by atoms with van der Waals surface area (Å²) in [6, 6.07) is 10.6. The van der Waals surface area contributed by atoms with Gasteiger partial charge in [-0.3, -0.25) is 0 Å². The topological polar surface area (TPSA) is 87.3 Å². The number of ether oxygens (including phenoxy) is 3. The highest BCUT2D eigenvalue weighted by Crippen LogP contribution is 2.44. The third-order valence-electron chi connectivity index (χ3n) is 3.59. The second kappa shape index (κ2) is 9.30. The molecule has 0 aliphatic heterocycles. The Balaban J connectivity index is 2.63. The summed E-state index contributed by atoms with van der Waals surface area (Å²) >= 11 is 0. The molecule has 0 aliphatic rings. The Bertz CT molecular complexity index is 884. The van der Waals surface area contributed by atoms with E-state index in [0.717, 1.165) is 0 Å². The molecule has 140 valence electrons. The van der Waals surface area contributed by atoms with Crippen LogP contribution in [0.25, 0.3) is 0 Å². The van der Waals surface area contributed by atoms with Gasteiger partial charge in [-0.05, 0) is 45.0 Å². The van der Waals surface area contributed by atoms with E-state index in [9.17, 15) is 14.9 Å². The summed E-state index contributed by atoms with van der Waals surface area (Å²) in [5.74, 6) is -0.346. The van der Waals surface area contributed by atoms with Crippen molar-refractivity contribution in [1.29, 1.82) is 10.5 Å². The van der Waals surface area contributed by atoms with E-state index in [1.807, 2.05) is 13.0 Å². The summed E-state index contributed by atoms with van der Waals surface area (Å²) in [5, 5.41) is 21.9. The molecule has 2 aromatic carbocycles. The first-order valence-electron chi connectivity index (χ1n) is 8.56. The highest BCUT2D eigenvalue weighted by Gasteiger charge is 2.27.